The van der Waals surface area contributed by atoms with Gasteiger partial charge in [0.2, 0.25) is 5.91 Å². The zero-order valence-electron chi connectivity index (χ0n) is 13.6. The van der Waals surface area contributed by atoms with Crippen molar-refractivity contribution in [3.8, 4) is 0 Å². The minimum Gasteiger partial charge on any atom is -0.341 e. The molecular weight excluding hydrogens is 296 g/mol. The van der Waals surface area contributed by atoms with Crippen molar-refractivity contribution in [1.29, 1.82) is 0 Å². The summed E-state index contributed by atoms with van der Waals surface area (Å²) in [7, 11) is 0. The number of hydrogen-bond acceptors (Lipinski definition) is 2. The lowest BCUT2D eigenvalue weighted by molar-refractivity contribution is -0.130. The maximum absolute atomic E-state index is 12.9. The number of benzene rings is 2. The summed E-state index contributed by atoms with van der Waals surface area (Å²) in [5.74, 6) is 0.956. The Labute approximate surface area is 145 Å². The molecule has 0 N–H and O–H groups in total. The number of carbonyl (C=O) groups excluding carboxylic acids is 1. The first kappa shape index (κ1) is 17.0. The summed E-state index contributed by atoms with van der Waals surface area (Å²) in [4.78, 5) is 17.5. The summed E-state index contributed by atoms with van der Waals surface area (Å²) in [6, 6.07) is 14.6. The number of rotatable bonds is 2. The lowest BCUT2D eigenvalue weighted by Crippen LogP contribution is -2.36. The van der Waals surface area contributed by atoms with E-state index in [2.05, 4.69) is 52.3 Å². The van der Waals surface area contributed by atoms with Crippen molar-refractivity contribution in [3.05, 3.63) is 48.0 Å². The molecule has 3 nitrogen and oxygen atoms in total. The summed E-state index contributed by atoms with van der Waals surface area (Å²) in [5.41, 5.74) is 1.15. The maximum atomic E-state index is 12.9. The minimum atomic E-state index is 0. The Morgan fingerprint density at radius 1 is 1.00 bits per heavy atom. The van der Waals surface area contributed by atoms with Crippen LogP contribution in [0, 0.1) is 5.92 Å². The van der Waals surface area contributed by atoms with E-state index in [1.807, 2.05) is 0 Å². The molecule has 0 saturated carbocycles. The lowest BCUT2D eigenvalue weighted by Gasteiger charge is -2.29. The van der Waals surface area contributed by atoms with E-state index in [0.29, 0.717) is 12.3 Å². The minimum absolute atomic E-state index is 0. The van der Waals surface area contributed by atoms with E-state index < -0.39 is 0 Å². The molecule has 0 radical (unpaired) electrons. The van der Waals surface area contributed by atoms with Crippen LogP contribution in [0.3, 0.4) is 0 Å². The highest BCUT2D eigenvalue weighted by atomic mass is 16.2. The number of fused-ring (bicyclic) bond motifs is 3. The smallest absolute Gasteiger partial charge is 0.227 e. The first-order valence-electron chi connectivity index (χ1n) is 8.76. The zero-order chi connectivity index (χ0) is 15.6. The van der Waals surface area contributed by atoms with Gasteiger partial charge in [-0.1, -0.05) is 49.9 Å². The van der Waals surface area contributed by atoms with Gasteiger partial charge < -0.3 is 9.80 Å². The Kier molecular flexibility index (Phi) is 5.20. The van der Waals surface area contributed by atoms with Gasteiger partial charge in [-0.15, -0.1) is 0 Å². The molecule has 2 aromatic rings. The molecule has 2 aliphatic rings. The van der Waals surface area contributed by atoms with Crippen molar-refractivity contribution in [1.82, 2.24) is 9.80 Å². The van der Waals surface area contributed by atoms with Gasteiger partial charge in [-0.25, -0.2) is 0 Å². The highest BCUT2D eigenvalue weighted by molar-refractivity contribution is 5.90. The molecule has 4 rings (SSSR count). The van der Waals surface area contributed by atoms with Crippen molar-refractivity contribution in [3.63, 3.8) is 0 Å². The van der Waals surface area contributed by atoms with Gasteiger partial charge in [0.15, 0.2) is 0 Å². The largest absolute Gasteiger partial charge is 0.341 e. The van der Waals surface area contributed by atoms with Crippen LogP contribution in [0.2, 0.25) is 0 Å². The second kappa shape index (κ2) is 7.35. The molecular formula is C21H28N2O. The number of hydrogen-bond donors (Lipinski definition) is 0. The molecule has 0 aliphatic carbocycles. The van der Waals surface area contributed by atoms with Gasteiger partial charge in [-0.2, -0.15) is 0 Å². The Morgan fingerprint density at radius 3 is 2.75 bits per heavy atom. The molecule has 2 saturated heterocycles. The Balaban J connectivity index is 0.00000169. The van der Waals surface area contributed by atoms with E-state index in [-0.39, 0.29) is 13.3 Å². The predicted molar refractivity (Wildman–Crippen MR) is 100 cm³/mol. The predicted octanol–water partition coefficient (Wildman–Crippen LogP) is 3.57. The van der Waals surface area contributed by atoms with Crippen LogP contribution in [0.25, 0.3) is 10.8 Å². The summed E-state index contributed by atoms with van der Waals surface area (Å²) < 4.78 is 0. The first-order chi connectivity index (χ1) is 11.3. The Bertz CT molecular complexity index is 707. The Morgan fingerprint density at radius 2 is 1.83 bits per heavy atom. The first-order valence-corrected chi connectivity index (χ1v) is 8.76. The van der Waals surface area contributed by atoms with E-state index in [1.54, 1.807) is 0 Å². The molecule has 24 heavy (non-hydrogen) atoms. The molecule has 1 amide bonds. The second-order valence-electron chi connectivity index (χ2n) is 6.96. The molecule has 3 heteroatoms. The highest BCUT2D eigenvalue weighted by Crippen LogP contribution is 2.23. The molecule has 0 aromatic heterocycles. The van der Waals surface area contributed by atoms with E-state index >= 15 is 0 Å². The third-order valence-electron chi connectivity index (χ3n) is 5.34. The van der Waals surface area contributed by atoms with Gasteiger partial charge in [0.25, 0.3) is 0 Å². The molecule has 2 bridgehead atoms. The van der Waals surface area contributed by atoms with Crippen LogP contribution < -0.4 is 0 Å². The summed E-state index contributed by atoms with van der Waals surface area (Å²) in [6.07, 6.45) is 3.08. The van der Waals surface area contributed by atoms with Crippen molar-refractivity contribution in [2.24, 2.45) is 5.92 Å². The maximum Gasteiger partial charge on any atom is 0.227 e. The van der Waals surface area contributed by atoms with Gasteiger partial charge in [-0.05, 0) is 41.6 Å². The SMILES string of the molecule is C.O=C(Cc1cccc2ccccc12)N1CCN2CCCC(C2)C1. The van der Waals surface area contributed by atoms with E-state index in [1.165, 1.54) is 36.7 Å². The van der Waals surface area contributed by atoms with Crippen LogP contribution >= 0.6 is 0 Å². The van der Waals surface area contributed by atoms with E-state index in [0.717, 1.165) is 25.2 Å². The third-order valence-corrected chi connectivity index (χ3v) is 5.34. The van der Waals surface area contributed by atoms with E-state index in [4.69, 9.17) is 0 Å². The standard InChI is InChI=1S/C20H24N2O.CH4/c23-20(22-12-11-21-10-4-5-16(14-21)15-22)13-18-8-3-7-17-6-1-2-9-19(17)18;/h1-3,6-9,16H,4-5,10-15H2;1H4. The summed E-state index contributed by atoms with van der Waals surface area (Å²) in [6.45, 7) is 5.26. The molecule has 2 unspecified atom stereocenters. The Hall–Kier alpha value is -1.87. The fourth-order valence-corrected chi connectivity index (χ4v) is 4.12. The molecule has 2 heterocycles. The number of amides is 1. The number of nitrogens with zero attached hydrogens (tertiary/aromatic N) is 2. The molecule has 2 aliphatic heterocycles. The van der Waals surface area contributed by atoms with Gasteiger partial charge in [0, 0.05) is 26.2 Å². The molecule has 2 fully saturated rings. The fraction of sp³-hybridized carbons (Fsp3) is 0.476. The molecule has 2 atom stereocenters. The zero-order valence-corrected chi connectivity index (χ0v) is 13.6. The van der Waals surface area contributed by atoms with Crippen LogP contribution in [0.5, 0.6) is 0 Å². The quantitative estimate of drug-likeness (QED) is 0.843. The lowest BCUT2D eigenvalue weighted by atomic mass is 9.98. The van der Waals surface area contributed by atoms with Crippen LogP contribution in [-0.4, -0.2) is 48.4 Å². The van der Waals surface area contributed by atoms with Gasteiger partial charge >= 0.3 is 0 Å². The van der Waals surface area contributed by atoms with Crippen molar-refractivity contribution in [2.45, 2.75) is 26.7 Å². The molecule has 0 spiro atoms. The van der Waals surface area contributed by atoms with E-state index in [9.17, 15) is 4.79 Å². The van der Waals surface area contributed by atoms with Crippen LogP contribution in [0.15, 0.2) is 42.5 Å². The molecule has 128 valence electrons. The van der Waals surface area contributed by atoms with Gasteiger partial charge in [0.1, 0.15) is 0 Å². The fourth-order valence-electron chi connectivity index (χ4n) is 4.12. The van der Waals surface area contributed by atoms with Crippen molar-refractivity contribution >= 4 is 16.7 Å². The average molecular weight is 324 g/mol. The second-order valence-corrected chi connectivity index (χ2v) is 6.96. The highest BCUT2D eigenvalue weighted by Gasteiger charge is 2.28. The monoisotopic (exact) mass is 324 g/mol. The third kappa shape index (κ3) is 3.46. The van der Waals surface area contributed by atoms with Crippen molar-refractivity contribution in [2.75, 3.05) is 32.7 Å². The number of carbonyl (C=O) groups is 1. The average Bonchev–Trinajstić information content (AvgIpc) is 2.73. The normalized spacial score (nSPS) is 23.4. The number of piperidine rings is 1. The van der Waals surface area contributed by atoms with Crippen LogP contribution in [0.1, 0.15) is 25.8 Å². The summed E-state index contributed by atoms with van der Waals surface area (Å²) in [5, 5.41) is 2.43. The van der Waals surface area contributed by atoms with Crippen LogP contribution in [0.4, 0.5) is 0 Å². The summed E-state index contributed by atoms with van der Waals surface area (Å²) >= 11 is 0. The van der Waals surface area contributed by atoms with Gasteiger partial charge in [-0.3, -0.25) is 4.79 Å². The van der Waals surface area contributed by atoms with Crippen molar-refractivity contribution < 1.29 is 4.79 Å². The van der Waals surface area contributed by atoms with Gasteiger partial charge in [0.05, 0.1) is 6.42 Å². The topological polar surface area (TPSA) is 23.6 Å². The molecule has 2 aromatic carbocycles. The van der Waals surface area contributed by atoms with Crippen LogP contribution in [-0.2, 0) is 11.2 Å².